The number of carbonyl (C=O) groups is 1. The molecule has 0 atom stereocenters. The van der Waals surface area contributed by atoms with Gasteiger partial charge in [0.25, 0.3) is 0 Å². The maximum Gasteiger partial charge on any atom is 0.163 e. The Hall–Kier alpha value is -1.64. The van der Waals surface area contributed by atoms with E-state index in [0.29, 0.717) is 5.56 Å². The van der Waals surface area contributed by atoms with Crippen LogP contribution in [0, 0.1) is 6.92 Å². The first kappa shape index (κ1) is 7.98. The molecule has 3 heteroatoms. The summed E-state index contributed by atoms with van der Waals surface area (Å²) >= 11 is 0. The largest absolute Gasteiger partial charge is 0.359 e. The van der Waals surface area contributed by atoms with Crippen LogP contribution in [0.3, 0.4) is 0 Å². The predicted molar refractivity (Wildman–Crippen MR) is 50.8 cm³/mol. The van der Waals surface area contributed by atoms with E-state index in [9.17, 15) is 4.79 Å². The van der Waals surface area contributed by atoms with E-state index in [1.807, 2.05) is 13.0 Å². The summed E-state index contributed by atoms with van der Waals surface area (Å²) in [5.41, 5.74) is 3.50. The van der Waals surface area contributed by atoms with Gasteiger partial charge >= 0.3 is 0 Å². The molecule has 2 aromatic rings. The molecule has 0 aliphatic heterocycles. The average Bonchev–Trinajstić information content (AvgIpc) is 2.48. The standard InChI is InChI=1S/C10H10N2O/c1-6-3-4-11-10-8(7(2)13)5-12-9(6)10/h3-5,12H,1-2H3. The van der Waals surface area contributed by atoms with Gasteiger partial charge in [0.15, 0.2) is 5.78 Å². The number of aromatic amines is 1. The number of carbonyl (C=O) groups excluding carboxylic acids is 1. The zero-order chi connectivity index (χ0) is 9.42. The number of rotatable bonds is 1. The van der Waals surface area contributed by atoms with Crippen molar-refractivity contribution in [3.8, 4) is 0 Å². The number of nitrogens with one attached hydrogen (secondary N) is 1. The lowest BCUT2D eigenvalue weighted by atomic mass is 10.2. The van der Waals surface area contributed by atoms with Crippen LogP contribution in [0.5, 0.6) is 0 Å². The molecule has 0 saturated heterocycles. The van der Waals surface area contributed by atoms with Crippen LogP contribution in [-0.4, -0.2) is 15.8 Å². The number of Topliss-reactive ketones (excluding diaryl/α,β-unsaturated/α-hetero) is 1. The van der Waals surface area contributed by atoms with Crippen molar-refractivity contribution in [1.82, 2.24) is 9.97 Å². The number of ketones is 1. The van der Waals surface area contributed by atoms with Crippen LogP contribution in [0.2, 0.25) is 0 Å². The van der Waals surface area contributed by atoms with Gasteiger partial charge in [0.1, 0.15) is 0 Å². The van der Waals surface area contributed by atoms with Crippen molar-refractivity contribution >= 4 is 16.8 Å². The van der Waals surface area contributed by atoms with Crippen LogP contribution in [0.15, 0.2) is 18.5 Å². The second-order valence-electron chi connectivity index (χ2n) is 3.11. The fraction of sp³-hybridized carbons (Fsp3) is 0.200. The number of hydrogen-bond donors (Lipinski definition) is 1. The zero-order valence-electron chi connectivity index (χ0n) is 7.59. The first-order valence-electron chi connectivity index (χ1n) is 4.14. The third-order valence-corrected chi connectivity index (χ3v) is 2.15. The lowest BCUT2D eigenvalue weighted by Gasteiger charge is -1.94. The highest BCUT2D eigenvalue weighted by molar-refractivity contribution is 6.05. The Morgan fingerprint density at radius 3 is 3.00 bits per heavy atom. The molecule has 0 saturated carbocycles. The first-order valence-corrected chi connectivity index (χ1v) is 4.14. The summed E-state index contributed by atoms with van der Waals surface area (Å²) in [4.78, 5) is 18.4. The van der Waals surface area contributed by atoms with E-state index < -0.39 is 0 Å². The van der Waals surface area contributed by atoms with Crippen LogP contribution in [0.4, 0.5) is 0 Å². The van der Waals surface area contributed by atoms with Gasteiger partial charge in [-0.1, -0.05) is 0 Å². The fourth-order valence-corrected chi connectivity index (χ4v) is 1.43. The van der Waals surface area contributed by atoms with Gasteiger partial charge in [0.2, 0.25) is 0 Å². The summed E-state index contributed by atoms with van der Waals surface area (Å²) in [5, 5.41) is 0. The fourth-order valence-electron chi connectivity index (χ4n) is 1.43. The van der Waals surface area contributed by atoms with E-state index in [2.05, 4.69) is 9.97 Å². The SMILES string of the molecule is CC(=O)c1c[nH]c2c(C)ccnc12. The molecule has 0 fully saturated rings. The van der Waals surface area contributed by atoms with Crippen LogP contribution >= 0.6 is 0 Å². The summed E-state index contributed by atoms with van der Waals surface area (Å²) in [6.45, 7) is 3.54. The van der Waals surface area contributed by atoms with Crippen molar-refractivity contribution in [3.63, 3.8) is 0 Å². The number of H-pyrrole nitrogens is 1. The molecule has 0 aliphatic rings. The van der Waals surface area contributed by atoms with E-state index >= 15 is 0 Å². The first-order chi connectivity index (χ1) is 6.20. The van der Waals surface area contributed by atoms with Crippen LogP contribution in [-0.2, 0) is 0 Å². The van der Waals surface area contributed by atoms with Crippen molar-refractivity contribution in [1.29, 1.82) is 0 Å². The van der Waals surface area contributed by atoms with Crippen LogP contribution in [0.25, 0.3) is 11.0 Å². The molecule has 2 rings (SSSR count). The Morgan fingerprint density at radius 2 is 2.31 bits per heavy atom. The molecule has 2 aromatic heterocycles. The summed E-state index contributed by atoms with van der Waals surface area (Å²) < 4.78 is 0. The Balaban J connectivity index is 2.83. The van der Waals surface area contributed by atoms with Crippen LogP contribution < -0.4 is 0 Å². The predicted octanol–water partition coefficient (Wildman–Crippen LogP) is 2.07. The molecule has 2 heterocycles. The Morgan fingerprint density at radius 1 is 1.54 bits per heavy atom. The maximum atomic E-state index is 11.2. The molecular formula is C10H10N2O. The summed E-state index contributed by atoms with van der Waals surface area (Å²) in [6, 6.07) is 1.92. The molecule has 0 spiro atoms. The number of aryl methyl sites for hydroxylation is 1. The minimum atomic E-state index is 0.0457. The lowest BCUT2D eigenvalue weighted by Crippen LogP contribution is -1.90. The topological polar surface area (TPSA) is 45.8 Å². The molecule has 3 nitrogen and oxygen atoms in total. The highest BCUT2D eigenvalue weighted by atomic mass is 16.1. The normalized spacial score (nSPS) is 10.6. The van der Waals surface area contributed by atoms with Gasteiger partial charge in [-0.05, 0) is 25.5 Å². The molecule has 0 unspecified atom stereocenters. The summed E-state index contributed by atoms with van der Waals surface area (Å²) in [6.07, 6.45) is 3.44. The van der Waals surface area contributed by atoms with Crippen molar-refractivity contribution < 1.29 is 4.79 Å². The zero-order valence-corrected chi connectivity index (χ0v) is 7.59. The minimum absolute atomic E-state index is 0.0457. The molecule has 0 aromatic carbocycles. The smallest absolute Gasteiger partial charge is 0.163 e. The van der Waals surface area contributed by atoms with Gasteiger partial charge in [-0.2, -0.15) is 0 Å². The van der Waals surface area contributed by atoms with Crippen LogP contribution in [0.1, 0.15) is 22.8 Å². The van der Waals surface area contributed by atoms with Gasteiger partial charge < -0.3 is 4.98 Å². The molecule has 66 valence electrons. The molecule has 0 radical (unpaired) electrons. The number of pyridine rings is 1. The average molecular weight is 174 g/mol. The number of aromatic nitrogens is 2. The molecule has 13 heavy (non-hydrogen) atoms. The number of hydrogen-bond acceptors (Lipinski definition) is 2. The van der Waals surface area contributed by atoms with Gasteiger partial charge in [-0.15, -0.1) is 0 Å². The second kappa shape index (κ2) is 2.69. The van der Waals surface area contributed by atoms with E-state index in [-0.39, 0.29) is 5.78 Å². The van der Waals surface area contributed by atoms with E-state index in [1.54, 1.807) is 19.3 Å². The Bertz CT molecular complexity index is 471. The van der Waals surface area contributed by atoms with Gasteiger partial charge in [-0.25, -0.2) is 0 Å². The maximum absolute atomic E-state index is 11.2. The molecule has 1 N–H and O–H groups in total. The van der Waals surface area contributed by atoms with Crippen molar-refractivity contribution in [2.75, 3.05) is 0 Å². The molecule has 0 aliphatic carbocycles. The molecular weight excluding hydrogens is 164 g/mol. The minimum Gasteiger partial charge on any atom is -0.359 e. The Kier molecular flexibility index (Phi) is 1.65. The van der Waals surface area contributed by atoms with Crippen molar-refractivity contribution in [2.45, 2.75) is 13.8 Å². The highest BCUT2D eigenvalue weighted by Gasteiger charge is 2.09. The number of nitrogens with zero attached hydrogens (tertiary/aromatic N) is 1. The van der Waals surface area contributed by atoms with E-state index in [1.165, 1.54) is 0 Å². The molecule has 0 bridgehead atoms. The quantitative estimate of drug-likeness (QED) is 0.673. The summed E-state index contributed by atoms with van der Waals surface area (Å²) in [7, 11) is 0. The van der Waals surface area contributed by atoms with Gasteiger partial charge in [-0.3, -0.25) is 9.78 Å². The second-order valence-corrected chi connectivity index (χ2v) is 3.11. The third kappa shape index (κ3) is 1.13. The summed E-state index contributed by atoms with van der Waals surface area (Å²) in [5.74, 6) is 0.0457. The number of fused-ring (bicyclic) bond motifs is 1. The van der Waals surface area contributed by atoms with E-state index in [4.69, 9.17) is 0 Å². The lowest BCUT2D eigenvalue weighted by molar-refractivity contribution is 0.101. The Labute approximate surface area is 75.8 Å². The van der Waals surface area contributed by atoms with Gasteiger partial charge in [0, 0.05) is 12.4 Å². The third-order valence-electron chi connectivity index (χ3n) is 2.15. The van der Waals surface area contributed by atoms with Crippen molar-refractivity contribution in [3.05, 3.63) is 29.6 Å². The molecule has 0 amide bonds. The van der Waals surface area contributed by atoms with E-state index in [0.717, 1.165) is 16.6 Å². The monoisotopic (exact) mass is 174 g/mol. The van der Waals surface area contributed by atoms with Crippen molar-refractivity contribution in [2.24, 2.45) is 0 Å². The highest BCUT2D eigenvalue weighted by Crippen LogP contribution is 2.18. The van der Waals surface area contributed by atoms with Gasteiger partial charge in [0.05, 0.1) is 16.6 Å².